The zero-order valence-electron chi connectivity index (χ0n) is 17.7. The van der Waals surface area contributed by atoms with Crippen molar-refractivity contribution in [2.75, 3.05) is 49.2 Å². The summed E-state index contributed by atoms with van der Waals surface area (Å²) < 4.78 is 5.43. The molecule has 5 rings (SSSR count). The predicted octanol–water partition coefficient (Wildman–Crippen LogP) is 1.29. The van der Waals surface area contributed by atoms with Gasteiger partial charge in [-0.15, -0.1) is 0 Å². The van der Waals surface area contributed by atoms with Gasteiger partial charge in [0.2, 0.25) is 11.9 Å². The molecular weight excluding hydrogens is 410 g/mol. The second-order valence-corrected chi connectivity index (χ2v) is 7.90. The number of carbonyl (C=O) groups excluding carboxylic acids is 2. The summed E-state index contributed by atoms with van der Waals surface area (Å²) in [6.45, 7) is 4.50. The molecule has 0 aliphatic carbocycles. The lowest BCUT2D eigenvalue weighted by molar-refractivity contribution is -0.117. The standard InChI is InChI=1S/C22H25N7O3/c30-19(16-13-23-17-6-2-1-5-15(16)17)20(31)24-14-18-25-21(28-7-3-4-8-28)27-22(26-18)29-9-11-32-12-10-29/h1-2,5-6,13,23H,3-4,7-12,14H2,(H,24,31). The minimum Gasteiger partial charge on any atom is -0.378 e. The number of fused-ring (bicyclic) bond motifs is 1. The van der Waals surface area contributed by atoms with E-state index in [2.05, 4.69) is 35.1 Å². The van der Waals surface area contributed by atoms with E-state index < -0.39 is 11.7 Å². The Morgan fingerprint density at radius 3 is 2.41 bits per heavy atom. The van der Waals surface area contributed by atoms with Gasteiger partial charge in [-0.3, -0.25) is 9.59 Å². The number of benzene rings is 1. The molecule has 1 amide bonds. The second-order valence-electron chi connectivity index (χ2n) is 7.90. The van der Waals surface area contributed by atoms with E-state index in [0.717, 1.165) is 36.8 Å². The van der Waals surface area contributed by atoms with Crippen LogP contribution in [0.5, 0.6) is 0 Å². The molecule has 2 aliphatic rings. The summed E-state index contributed by atoms with van der Waals surface area (Å²) in [4.78, 5) is 46.3. The third kappa shape index (κ3) is 4.13. The Labute approximate surface area is 185 Å². The van der Waals surface area contributed by atoms with Crippen LogP contribution >= 0.6 is 0 Å². The number of ether oxygens (including phenoxy) is 1. The number of H-pyrrole nitrogens is 1. The molecule has 10 nitrogen and oxygen atoms in total. The SMILES string of the molecule is O=C(NCc1nc(N2CCCC2)nc(N2CCOCC2)n1)C(=O)c1c[nH]c2ccccc12. The highest BCUT2D eigenvalue weighted by molar-refractivity contribution is 6.44. The molecule has 166 valence electrons. The maximum Gasteiger partial charge on any atom is 0.292 e. The van der Waals surface area contributed by atoms with E-state index in [-0.39, 0.29) is 6.54 Å². The maximum absolute atomic E-state index is 12.7. The summed E-state index contributed by atoms with van der Waals surface area (Å²) in [7, 11) is 0. The lowest BCUT2D eigenvalue weighted by Crippen LogP contribution is -2.38. The zero-order valence-corrected chi connectivity index (χ0v) is 17.7. The Balaban J connectivity index is 1.34. The van der Waals surface area contributed by atoms with E-state index in [1.807, 2.05) is 24.3 Å². The Morgan fingerprint density at radius 2 is 1.66 bits per heavy atom. The number of ketones is 1. The Kier molecular flexibility index (Phi) is 5.68. The van der Waals surface area contributed by atoms with Crippen LogP contribution in [0, 0.1) is 0 Å². The lowest BCUT2D eigenvalue weighted by atomic mass is 10.1. The second kappa shape index (κ2) is 8.91. The number of hydrogen-bond acceptors (Lipinski definition) is 8. The number of para-hydroxylation sites is 1. The summed E-state index contributed by atoms with van der Waals surface area (Å²) in [5.41, 5.74) is 1.16. The van der Waals surface area contributed by atoms with Gasteiger partial charge in [-0.05, 0) is 18.9 Å². The number of rotatable bonds is 6. The van der Waals surface area contributed by atoms with E-state index in [4.69, 9.17) is 4.74 Å². The summed E-state index contributed by atoms with van der Waals surface area (Å²) in [6, 6.07) is 7.39. The molecule has 2 N–H and O–H groups in total. The van der Waals surface area contributed by atoms with Gasteiger partial charge in [-0.1, -0.05) is 18.2 Å². The van der Waals surface area contributed by atoms with Crippen molar-refractivity contribution < 1.29 is 14.3 Å². The van der Waals surface area contributed by atoms with Crippen LogP contribution in [0.25, 0.3) is 10.9 Å². The first-order valence-electron chi connectivity index (χ1n) is 10.9. The molecule has 0 spiro atoms. The van der Waals surface area contributed by atoms with Crippen molar-refractivity contribution in [2.45, 2.75) is 19.4 Å². The Hall–Kier alpha value is -3.53. The number of nitrogens with one attached hydrogen (secondary N) is 2. The molecule has 0 saturated carbocycles. The number of aromatic nitrogens is 4. The molecule has 3 aromatic rings. The van der Waals surface area contributed by atoms with E-state index in [0.29, 0.717) is 49.6 Å². The van der Waals surface area contributed by atoms with Crippen LogP contribution in [0.15, 0.2) is 30.5 Å². The number of nitrogens with zero attached hydrogens (tertiary/aromatic N) is 5. The smallest absolute Gasteiger partial charge is 0.292 e. The largest absolute Gasteiger partial charge is 0.378 e. The van der Waals surface area contributed by atoms with Crippen molar-refractivity contribution in [3.8, 4) is 0 Å². The minimum absolute atomic E-state index is 0.0492. The number of anilines is 2. The van der Waals surface area contributed by atoms with Crippen molar-refractivity contribution in [1.29, 1.82) is 0 Å². The van der Waals surface area contributed by atoms with Gasteiger partial charge in [0, 0.05) is 43.3 Å². The first-order chi connectivity index (χ1) is 15.7. The van der Waals surface area contributed by atoms with Crippen LogP contribution in [-0.2, 0) is 16.1 Å². The predicted molar refractivity (Wildman–Crippen MR) is 119 cm³/mol. The number of amides is 1. The molecule has 2 fully saturated rings. The van der Waals surface area contributed by atoms with Gasteiger partial charge < -0.3 is 24.8 Å². The third-order valence-electron chi connectivity index (χ3n) is 5.79. The molecule has 4 heterocycles. The quantitative estimate of drug-likeness (QED) is 0.440. The third-order valence-corrected chi connectivity index (χ3v) is 5.79. The molecular formula is C22H25N7O3. The van der Waals surface area contributed by atoms with Crippen LogP contribution in [0.2, 0.25) is 0 Å². The molecule has 0 radical (unpaired) electrons. The highest BCUT2D eigenvalue weighted by Gasteiger charge is 2.23. The van der Waals surface area contributed by atoms with Gasteiger partial charge >= 0.3 is 0 Å². The molecule has 0 bridgehead atoms. The van der Waals surface area contributed by atoms with Crippen molar-refractivity contribution in [3.63, 3.8) is 0 Å². The van der Waals surface area contributed by atoms with E-state index >= 15 is 0 Å². The molecule has 0 atom stereocenters. The van der Waals surface area contributed by atoms with E-state index in [1.54, 1.807) is 6.20 Å². The van der Waals surface area contributed by atoms with Gasteiger partial charge in [0.1, 0.15) is 0 Å². The maximum atomic E-state index is 12.7. The summed E-state index contributed by atoms with van der Waals surface area (Å²) in [5, 5.41) is 3.40. The van der Waals surface area contributed by atoms with Crippen molar-refractivity contribution in [2.24, 2.45) is 0 Å². The minimum atomic E-state index is -0.689. The van der Waals surface area contributed by atoms with Crippen LogP contribution < -0.4 is 15.1 Å². The number of Topliss-reactive ketones (excluding diaryl/α,β-unsaturated/α-hetero) is 1. The van der Waals surface area contributed by atoms with Gasteiger partial charge in [-0.2, -0.15) is 15.0 Å². The summed E-state index contributed by atoms with van der Waals surface area (Å²) in [6.07, 6.45) is 3.77. The molecule has 1 aromatic carbocycles. The number of aromatic amines is 1. The van der Waals surface area contributed by atoms with Crippen molar-refractivity contribution >= 4 is 34.5 Å². The van der Waals surface area contributed by atoms with Crippen molar-refractivity contribution in [3.05, 3.63) is 41.9 Å². The van der Waals surface area contributed by atoms with Crippen LogP contribution in [0.1, 0.15) is 29.0 Å². The van der Waals surface area contributed by atoms with Crippen LogP contribution in [0.3, 0.4) is 0 Å². The zero-order chi connectivity index (χ0) is 21.9. The van der Waals surface area contributed by atoms with Crippen LogP contribution in [-0.4, -0.2) is 71.0 Å². The Bertz CT molecular complexity index is 1130. The topological polar surface area (TPSA) is 116 Å². The molecule has 0 unspecified atom stereocenters. The van der Waals surface area contributed by atoms with Gasteiger partial charge in [0.25, 0.3) is 11.7 Å². The average molecular weight is 435 g/mol. The fraction of sp³-hybridized carbons (Fsp3) is 0.409. The molecule has 32 heavy (non-hydrogen) atoms. The van der Waals surface area contributed by atoms with Gasteiger partial charge in [-0.25, -0.2) is 0 Å². The Morgan fingerprint density at radius 1 is 0.969 bits per heavy atom. The van der Waals surface area contributed by atoms with Crippen molar-refractivity contribution in [1.82, 2.24) is 25.3 Å². The number of hydrogen-bond donors (Lipinski definition) is 2. The van der Waals surface area contributed by atoms with Gasteiger partial charge in [0.05, 0.1) is 25.3 Å². The number of morpholine rings is 1. The fourth-order valence-electron chi connectivity index (χ4n) is 4.06. The molecule has 2 aromatic heterocycles. The molecule has 10 heteroatoms. The van der Waals surface area contributed by atoms with E-state index in [1.165, 1.54) is 0 Å². The normalized spacial score (nSPS) is 16.5. The first kappa shape index (κ1) is 20.4. The monoisotopic (exact) mass is 435 g/mol. The highest BCUT2D eigenvalue weighted by Crippen LogP contribution is 2.20. The first-order valence-corrected chi connectivity index (χ1v) is 10.9. The fourth-order valence-corrected chi connectivity index (χ4v) is 4.06. The summed E-state index contributed by atoms with van der Waals surface area (Å²) in [5.74, 6) is 0.350. The van der Waals surface area contributed by atoms with Crippen LogP contribution in [0.4, 0.5) is 11.9 Å². The highest BCUT2D eigenvalue weighted by atomic mass is 16.5. The number of carbonyl (C=O) groups is 2. The van der Waals surface area contributed by atoms with Gasteiger partial charge in [0.15, 0.2) is 5.82 Å². The average Bonchev–Trinajstić information content (AvgIpc) is 3.53. The van der Waals surface area contributed by atoms with E-state index in [9.17, 15) is 9.59 Å². The molecule has 2 aliphatic heterocycles. The molecule has 2 saturated heterocycles. The lowest BCUT2D eigenvalue weighted by Gasteiger charge is -2.28. The summed E-state index contributed by atoms with van der Waals surface area (Å²) >= 11 is 0.